The van der Waals surface area contributed by atoms with Gasteiger partial charge in [-0.15, -0.1) is 0 Å². The van der Waals surface area contributed by atoms with Crippen LogP contribution in [0, 0.1) is 6.92 Å². The number of carbonyl (C=O) groups is 2. The third kappa shape index (κ3) is 3.41. The first-order chi connectivity index (χ1) is 13.1. The summed E-state index contributed by atoms with van der Waals surface area (Å²) in [6.07, 6.45) is 5.12. The number of piperazine rings is 1. The molecule has 0 atom stereocenters. The van der Waals surface area contributed by atoms with Crippen molar-refractivity contribution in [3.8, 4) is 17.1 Å². The number of aromatic nitrogens is 4. The standard InChI is InChI=1S/C19H18N6O2/c1-13-4-5-15(22-10-13)17-9-16(19(27)24-8-7-21-18(26)12-24)23-25(17)14-3-2-6-20-11-14/h2-6,9-11H,7-8,12H2,1H3,(H,21,26). The molecule has 1 aliphatic rings. The minimum absolute atomic E-state index is 0.0384. The lowest BCUT2D eigenvalue weighted by atomic mass is 10.2. The minimum atomic E-state index is -0.277. The lowest BCUT2D eigenvalue weighted by Gasteiger charge is -2.25. The Bertz CT molecular complexity index is 981. The lowest BCUT2D eigenvalue weighted by Crippen LogP contribution is -2.50. The fourth-order valence-electron chi connectivity index (χ4n) is 2.94. The first-order valence-electron chi connectivity index (χ1n) is 8.61. The van der Waals surface area contributed by atoms with Gasteiger partial charge in [-0.25, -0.2) is 4.68 Å². The molecule has 0 saturated carbocycles. The van der Waals surface area contributed by atoms with Gasteiger partial charge in [-0.2, -0.15) is 5.10 Å². The van der Waals surface area contributed by atoms with E-state index in [0.717, 1.165) is 11.3 Å². The highest BCUT2D eigenvalue weighted by molar-refractivity contribution is 5.96. The Morgan fingerprint density at radius 2 is 2.11 bits per heavy atom. The molecular formula is C19H18N6O2. The number of pyridine rings is 2. The van der Waals surface area contributed by atoms with Gasteiger partial charge in [0.05, 0.1) is 29.8 Å². The zero-order chi connectivity index (χ0) is 18.8. The van der Waals surface area contributed by atoms with Crippen LogP contribution in [0.25, 0.3) is 17.1 Å². The lowest BCUT2D eigenvalue weighted by molar-refractivity contribution is -0.123. The minimum Gasteiger partial charge on any atom is -0.353 e. The van der Waals surface area contributed by atoms with E-state index in [1.54, 1.807) is 35.4 Å². The summed E-state index contributed by atoms with van der Waals surface area (Å²) in [5.41, 5.74) is 3.43. The number of hydrogen-bond acceptors (Lipinski definition) is 5. The predicted octanol–water partition coefficient (Wildman–Crippen LogP) is 1.21. The highest BCUT2D eigenvalue weighted by Crippen LogP contribution is 2.23. The Balaban J connectivity index is 1.76. The van der Waals surface area contributed by atoms with E-state index in [9.17, 15) is 9.59 Å². The summed E-state index contributed by atoms with van der Waals surface area (Å²) in [7, 11) is 0. The maximum atomic E-state index is 12.9. The first kappa shape index (κ1) is 16.9. The third-order valence-corrected chi connectivity index (χ3v) is 4.32. The SMILES string of the molecule is Cc1ccc(-c2cc(C(=O)N3CCNC(=O)C3)nn2-c2cccnc2)nc1. The van der Waals surface area contributed by atoms with Gasteiger partial charge in [0.25, 0.3) is 5.91 Å². The molecule has 0 aromatic carbocycles. The molecule has 0 bridgehead atoms. The van der Waals surface area contributed by atoms with Gasteiger partial charge in [0.1, 0.15) is 0 Å². The summed E-state index contributed by atoms with van der Waals surface area (Å²) < 4.78 is 1.65. The van der Waals surface area contributed by atoms with Gasteiger partial charge >= 0.3 is 0 Å². The van der Waals surface area contributed by atoms with Crippen molar-refractivity contribution in [2.24, 2.45) is 0 Å². The van der Waals surface area contributed by atoms with Gasteiger partial charge in [0, 0.05) is 25.5 Å². The van der Waals surface area contributed by atoms with Crippen LogP contribution in [0.5, 0.6) is 0 Å². The molecule has 1 fully saturated rings. The normalized spacial score (nSPS) is 14.1. The fourth-order valence-corrected chi connectivity index (χ4v) is 2.94. The third-order valence-electron chi connectivity index (χ3n) is 4.32. The van der Waals surface area contributed by atoms with Crippen LogP contribution in [0.2, 0.25) is 0 Å². The van der Waals surface area contributed by atoms with E-state index in [0.29, 0.717) is 24.5 Å². The first-order valence-corrected chi connectivity index (χ1v) is 8.61. The Morgan fingerprint density at radius 1 is 1.22 bits per heavy atom. The highest BCUT2D eigenvalue weighted by Gasteiger charge is 2.26. The van der Waals surface area contributed by atoms with E-state index in [2.05, 4.69) is 20.4 Å². The maximum absolute atomic E-state index is 12.9. The van der Waals surface area contributed by atoms with Crippen molar-refractivity contribution in [1.29, 1.82) is 0 Å². The highest BCUT2D eigenvalue weighted by atomic mass is 16.2. The topological polar surface area (TPSA) is 93.0 Å². The van der Waals surface area contributed by atoms with Crippen molar-refractivity contribution in [3.63, 3.8) is 0 Å². The molecule has 0 spiro atoms. The fraction of sp³-hybridized carbons (Fsp3) is 0.211. The zero-order valence-corrected chi connectivity index (χ0v) is 14.8. The van der Waals surface area contributed by atoms with Crippen LogP contribution >= 0.6 is 0 Å². The van der Waals surface area contributed by atoms with Crippen molar-refractivity contribution in [2.45, 2.75) is 6.92 Å². The number of aryl methyl sites for hydroxylation is 1. The molecule has 8 heteroatoms. The smallest absolute Gasteiger partial charge is 0.274 e. The van der Waals surface area contributed by atoms with Crippen molar-refractivity contribution in [1.82, 2.24) is 30.0 Å². The van der Waals surface area contributed by atoms with Gasteiger partial charge in [0.15, 0.2) is 5.69 Å². The van der Waals surface area contributed by atoms with Crippen LogP contribution in [0.1, 0.15) is 16.1 Å². The number of rotatable bonds is 3. The van der Waals surface area contributed by atoms with Crippen LogP contribution in [0.4, 0.5) is 0 Å². The summed E-state index contributed by atoms with van der Waals surface area (Å²) >= 11 is 0. The van der Waals surface area contributed by atoms with Crippen LogP contribution in [0.15, 0.2) is 48.9 Å². The molecule has 1 N–H and O–H groups in total. The largest absolute Gasteiger partial charge is 0.353 e. The van der Waals surface area contributed by atoms with Crippen LogP contribution in [0.3, 0.4) is 0 Å². The molecule has 27 heavy (non-hydrogen) atoms. The average molecular weight is 362 g/mol. The number of amides is 2. The van der Waals surface area contributed by atoms with Gasteiger partial charge in [-0.3, -0.25) is 19.6 Å². The van der Waals surface area contributed by atoms with Crippen molar-refractivity contribution in [2.75, 3.05) is 19.6 Å². The van der Waals surface area contributed by atoms with Gasteiger partial charge in [-0.1, -0.05) is 6.07 Å². The molecule has 0 aliphatic carbocycles. The van der Waals surface area contributed by atoms with E-state index in [1.807, 2.05) is 25.1 Å². The molecule has 1 saturated heterocycles. The summed E-state index contributed by atoms with van der Waals surface area (Å²) in [5.74, 6) is -0.442. The van der Waals surface area contributed by atoms with E-state index in [-0.39, 0.29) is 24.1 Å². The quantitative estimate of drug-likeness (QED) is 0.756. The molecule has 4 heterocycles. The molecule has 0 radical (unpaired) electrons. The molecule has 2 amide bonds. The Hall–Kier alpha value is -3.55. The van der Waals surface area contributed by atoms with Crippen molar-refractivity contribution >= 4 is 11.8 Å². The molecule has 3 aromatic rings. The van der Waals surface area contributed by atoms with E-state index >= 15 is 0 Å². The molecular weight excluding hydrogens is 344 g/mol. The van der Waals surface area contributed by atoms with Crippen molar-refractivity contribution < 1.29 is 9.59 Å². The number of hydrogen-bond donors (Lipinski definition) is 1. The summed E-state index contributed by atoms with van der Waals surface area (Å²) in [5, 5.41) is 7.21. The number of nitrogens with one attached hydrogen (secondary N) is 1. The zero-order valence-electron chi connectivity index (χ0n) is 14.8. The second-order valence-electron chi connectivity index (χ2n) is 6.34. The van der Waals surface area contributed by atoms with Crippen LogP contribution < -0.4 is 5.32 Å². The molecule has 8 nitrogen and oxygen atoms in total. The predicted molar refractivity (Wildman–Crippen MR) is 98.2 cm³/mol. The van der Waals surface area contributed by atoms with E-state index in [1.165, 1.54) is 4.90 Å². The summed E-state index contributed by atoms with van der Waals surface area (Å²) in [4.78, 5) is 34.6. The Morgan fingerprint density at radius 3 is 2.81 bits per heavy atom. The van der Waals surface area contributed by atoms with Crippen LogP contribution in [-0.4, -0.2) is 56.1 Å². The molecule has 1 aliphatic heterocycles. The van der Waals surface area contributed by atoms with E-state index in [4.69, 9.17) is 0 Å². The van der Waals surface area contributed by atoms with Crippen molar-refractivity contribution in [3.05, 3.63) is 60.2 Å². The molecule has 0 unspecified atom stereocenters. The van der Waals surface area contributed by atoms with Gasteiger partial charge in [0.2, 0.25) is 5.91 Å². The van der Waals surface area contributed by atoms with Crippen LogP contribution in [-0.2, 0) is 4.79 Å². The Labute approximate surface area is 155 Å². The van der Waals surface area contributed by atoms with Gasteiger partial charge in [-0.05, 0) is 36.8 Å². The summed E-state index contributed by atoms with van der Waals surface area (Å²) in [6, 6.07) is 9.22. The average Bonchev–Trinajstić information content (AvgIpc) is 3.14. The second-order valence-corrected chi connectivity index (χ2v) is 6.34. The Kier molecular flexibility index (Phi) is 4.37. The second kappa shape index (κ2) is 6.99. The van der Waals surface area contributed by atoms with E-state index < -0.39 is 0 Å². The monoisotopic (exact) mass is 362 g/mol. The van der Waals surface area contributed by atoms with Gasteiger partial charge < -0.3 is 10.2 Å². The molecule has 3 aromatic heterocycles. The maximum Gasteiger partial charge on any atom is 0.274 e. The summed E-state index contributed by atoms with van der Waals surface area (Å²) in [6.45, 7) is 2.91. The number of nitrogens with zero attached hydrogens (tertiary/aromatic N) is 5. The number of carbonyl (C=O) groups excluding carboxylic acids is 2. The molecule has 4 rings (SSSR count). The molecule has 136 valence electrons.